The van der Waals surface area contributed by atoms with E-state index in [9.17, 15) is 4.79 Å². The summed E-state index contributed by atoms with van der Waals surface area (Å²) in [5, 5.41) is 3.02. The Morgan fingerprint density at radius 1 is 1.27 bits per heavy atom. The Bertz CT molecular complexity index is 554. The van der Waals surface area contributed by atoms with E-state index in [1.807, 2.05) is 25.1 Å². The molecule has 120 valence electrons. The van der Waals surface area contributed by atoms with Crippen LogP contribution in [0.2, 0.25) is 0 Å². The van der Waals surface area contributed by atoms with Crippen molar-refractivity contribution in [1.29, 1.82) is 0 Å². The highest BCUT2D eigenvalue weighted by Crippen LogP contribution is 2.32. The van der Waals surface area contributed by atoms with Crippen molar-refractivity contribution in [2.75, 3.05) is 6.79 Å². The molecule has 0 bridgehead atoms. The predicted molar refractivity (Wildman–Crippen MR) is 82.3 cm³/mol. The van der Waals surface area contributed by atoms with E-state index in [0.29, 0.717) is 6.54 Å². The number of nitrogens with one attached hydrogen (secondary N) is 3. The number of hydrogen-bond donors (Lipinski definition) is 3. The Kier molecular flexibility index (Phi) is 4.22. The van der Waals surface area contributed by atoms with Gasteiger partial charge in [0.1, 0.15) is 0 Å². The molecule has 0 radical (unpaired) electrons. The maximum absolute atomic E-state index is 12.4. The molecule has 3 rings (SSSR count). The molecule has 22 heavy (non-hydrogen) atoms. The number of benzene rings is 1. The van der Waals surface area contributed by atoms with Crippen molar-refractivity contribution in [2.45, 2.75) is 39.4 Å². The zero-order valence-electron chi connectivity index (χ0n) is 13.2. The molecule has 0 aliphatic carbocycles. The molecule has 0 saturated carbocycles. The van der Waals surface area contributed by atoms with Gasteiger partial charge >= 0.3 is 0 Å². The first kappa shape index (κ1) is 15.1. The molecule has 1 aromatic rings. The Balaban J connectivity index is 1.58. The van der Waals surface area contributed by atoms with Crippen LogP contribution in [0.1, 0.15) is 26.3 Å². The van der Waals surface area contributed by atoms with Gasteiger partial charge in [0.25, 0.3) is 0 Å². The van der Waals surface area contributed by atoms with Gasteiger partial charge in [-0.2, -0.15) is 0 Å². The zero-order chi connectivity index (χ0) is 15.7. The van der Waals surface area contributed by atoms with Crippen LogP contribution in [0.25, 0.3) is 0 Å². The number of carbonyl (C=O) groups excluding carboxylic acids is 1. The number of fused-ring (bicyclic) bond motifs is 1. The Morgan fingerprint density at radius 3 is 2.68 bits per heavy atom. The maximum Gasteiger partial charge on any atom is 0.231 e. The predicted octanol–water partition coefficient (Wildman–Crippen LogP) is 1.17. The van der Waals surface area contributed by atoms with Gasteiger partial charge in [0.2, 0.25) is 12.7 Å². The second-order valence-corrected chi connectivity index (χ2v) is 6.14. The van der Waals surface area contributed by atoms with Gasteiger partial charge in [-0.1, -0.05) is 13.0 Å². The third-order valence-electron chi connectivity index (χ3n) is 4.59. The Hall–Kier alpha value is -1.79. The van der Waals surface area contributed by atoms with Crippen molar-refractivity contribution in [3.8, 4) is 11.5 Å². The summed E-state index contributed by atoms with van der Waals surface area (Å²) in [6.07, 6.45) is 0. The number of rotatable bonds is 4. The van der Waals surface area contributed by atoms with Crippen LogP contribution in [-0.4, -0.2) is 24.8 Å². The zero-order valence-corrected chi connectivity index (χ0v) is 13.2. The Labute approximate surface area is 130 Å². The van der Waals surface area contributed by atoms with Crippen molar-refractivity contribution >= 4 is 5.91 Å². The number of carbonyl (C=O) groups is 1. The molecule has 1 amide bonds. The summed E-state index contributed by atoms with van der Waals surface area (Å²) in [6.45, 7) is 6.95. The minimum Gasteiger partial charge on any atom is -0.454 e. The van der Waals surface area contributed by atoms with E-state index in [1.165, 1.54) is 0 Å². The highest BCUT2D eigenvalue weighted by Gasteiger charge is 2.37. The van der Waals surface area contributed by atoms with Crippen molar-refractivity contribution in [1.82, 2.24) is 16.2 Å². The molecular weight excluding hydrogens is 282 g/mol. The molecule has 3 atom stereocenters. The average Bonchev–Trinajstić information content (AvgIpc) is 3.10. The topological polar surface area (TPSA) is 71.6 Å². The molecule has 0 spiro atoms. The van der Waals surface area contributed by atoms with Crippen molar-refractivity contribution in [3.05, 3.63) is 23.8 Å². The van der Waals surface area contributed by atoms with E-state index in [1.54, 1.807) is 0 Å². The largest absolute Gasteiger partial charge is 0.454 e. The van der Waals surface area contributed by atoms with Crippen LogP contribution in [0.5, 0.6) is 11.5 Å². The van der Waals surface area contributed by atoms with Gasteiger partial charge in [-0.15, -0.1) is 0 Å². The summed E-state index contributed by atoms with van der Waals surface area (Å²) >= 11 is 0. The molecule has 1 aromatic carbocycles. The van der Waals surface area contributed by atoms with Crippen LogP contribution in [0.15, 0.2) is 18.2 Å². The average molecular weight is 305 g/mol. The van der Waals surface area contributed by atoms with Crippen molar-refractivity contribution in [2.24, 2.45) is 11.8 Å². The molecule has 2 heterocycles. The minimum atomic E-state index is -0.0542. The van der Waals surface area contributed by atoms with Crippen LogP contribution in [0.4, 0.5) is 0 Å². The normalized spacial score (nSPS) is 27.7. The van der Waals surface area contributed by atoms with Crippen LogP contribution in [0.3, 0.4) is 0 Å². The van der Waals surface area contributed by atoms with Crippen molar-refractivity contribution < 1.29 is 14.3 Å². The van der Waals surface area contributed by atoms with Gasteiger partial charge in [0, 0.05) is 30.5 Å². The lowest BCUT2D eigenvalue weighted by atomic mass is 9.84. The molecule has 6 nitrogen and oxygen atoms in total. The molecule has 6 heteroatoms. The third-order valence-corrected chi connectivity index (χ3v) is 4.59. The molecule has 2 aliphatic rings. The number of amides is 1. The minimum absolute atomic E-state index is 0.0542. The van der Waals surface area contributed by atoms with E-state index in [2.05, 4.69) is 30.0 Å². The van der Waals surface area contributed by atoms with Crippen LogP contribution in [0, 0.1) is 11.8 Å². The van der Waals surface area contributed by atoms with E-state index in [-0.39, 0.29) is 36.6 Å². The number of hydrazine groups is 1. The smallest absolute Gasteiger partial charge is 0.231 e. The quantitative estimate of drug-likeness (QED) is 0.779. The van der Waals surface area contributed by atoms with Gasteiger partial charge in [0.05, 0.1) is 0 Å². The second-order valence-electron chi connectivity index (χ2n) is 6.14. The summed E-state index contributed by atoms with van der Waals surface area (Å²) in [5.74, 6) is 1.80. The first-order valence-corrected chi connectivity index (χ1v) is 7.73. The summed E-state index contributed by atoms with van der Waals surface area (Å²) in [6, 6.07) is 6.30. The van der Waals surface area contributed by atoms with Gasteiger partial charge in [-0.05, 0) is 31.5 Å². The van der Waals surface area contributed by atoms with Gasteiger partial charge in [-0.3, -0.25) is 15.6 Å². The maximum atomic E-state index is 12.4. The van der Waals surface area contributed by atoms with E-state index < -0.39 is 0 Å². The summed E-state index contributed by atoms with van der Waals surface area (Å²) in [4.78, 5) is 12.4. The third kappa shape index (κ3) is 2.89. The van der Waals surface area contributed by atoms with E-state index in [0.717, 1.165) is 17.1 Å². The fourth-order valence-electron chi connectivity index (χ4n) is 3.33. The molecular formula is C16H23N3O3. The molecule has 3 N–H and O–H groups in total. The number of ether oxygens (including phenoxy) is 2. The lowest BCUT2D eigenvalue weighted by Gasteiger charge is -2.24. The highest BCUT2D eigenvalue weighted by molar-refractivity contribution is 5.78. The molecule has 1 fully saturated rings. The number of hydrogen-bond acceptors (Lipinski definition) is 5. The van der Waals surface area contributed by atoms with Gasteiger partial charge in [-0.25, -0.2) is 0 Å². The molecule has 3 unspecified atom stereocenters. The molecule has 0 aromatic heterocycles. The first-order valence-electron chi connectivity index (χ1n) is 7.73. The lowest BCUT2D eigenvalue weighted by molar-refractivity contribution is -0.126. The fourth-order valence-corrected chi connectivity index (χ4v) is 3.33. The lowest BCUT2D eigenvalue weighted by Crippen LogP contribution is -2.39. The second kappa shape index (κ2) is 6.14. The van der Waals surface area contributed by atoms with E-state index >= 15 is 0 Å². The molecule has 1 saturated heterocycles. The first-order chi connectivity index (χ1) is 10.6. The fraction of sp³-hybridized carbons (Fsp3) is 0.562. The van der Waals surface area contributed by atoms with Gasteiger partial charge in [0.15, 0.2) is 11.5 Å². The monoisotopic (exact) mass is 305 g/mol. The highest BCUT2D eigenvalue weighted by atomic mass is 16.7. The molecule has 2 aliphatic heterocycles. The van der Waals surface area contributed by atoms with Crippen LogP contribution >= 0.6 is 0 Å². The standard InChI is InChI=1S/C16H23N3O3/c1-9(15-10(2)18-19-11(15)3)16(20)17-7-12-4-5-13-14(6-12)22-8-21-13/h4-6,9-11,15,18-19H,7-8H2,1-3H3,(H,17,20). The van der Waals surface area contributed by atoms with Crippen LogP contribution in [-0.2, 0) is 11.3 Å². The summed E-state index contributed by atoms with van der Waals surface area (Å²) < 4.78 is 10.6. The van der Waals surface area contributed by atoms with Gasteiger partial charge < -0.3 is 14.8 Å². The van der Waals surface area contributed by atoms with Crippen molar-refractivity contribution in [3.63, 3.8) is 0 Å². The van der Waals surface area contributed by atoms with E-state index in [4.69, 9.17) is 9.47 Å². The SMILES string of the molecule is CC1NNC(C)C1C(C)C(=O)NCc1ccc2c(c1)OCO2. The summed E-state index contributed by atoms with van der Waals surface area (Å²) in [7, 11) is 0. The summed E-state index contributed by atoms with van der Waals surface area (Å²) in [5.41, 5.74) is 7.40. The Morgan fingerprint density at radius 2 is 1.95 bits per heavy atom. The van der Waals surface area contributed by atoms with Crippen LogP contribution < -0.4 is 25.6 Å².